The molecule has 1 saturated heterocycles. The van der Waals surface area contributed by atoms with Gasteiger partial charge in [-0.15, -0.1) is 0 Å². The van der Waals surface area contributed by atoms with Gasteiger partial charge in [0.2, 0.25) is 0 Å². The molecule has 4 heteroatoms. The zero-order valence-electron chi connectivity index (χ0n) is 8.83. The zero-order valence-corrected chi connectivity index (χ0v) is 9.65. The Labute approximate surface area is 88.5 Å². The van der Waals surface area contributed by atoms with E-state index in [2.05, 4.69) is 6.26 Å². The summed E-state index contributed by atoms with van der Waals surface area (Å²) in [4.78, 5) is 11.6. The maximum atomic E-state index is 11.6. The molecule has 3 nitrogen and oxygen atoms in total. The van der Waals surface area contributed by atoms with E-state index in [-0.39, 0.29) is 11.6 Å². The molecule has 14 heavy (non-hydrogen) atoms. The molecule has 1 aliphatic heterocycles. The van der Waals surface area contributed by atoms with Crippen LogP contribution in [0.2, 0.25) is 0 Å². The van der Waals surface area contributed by atoms with Gasteiger partial charge in [-0.3, -0.25) is 0 Å². The minimum atomic E-state index is -0.603. The van der Waals surface area contributed by atoms with Crippen LogP contribution in [0.5, 0.6) is 0 Å². The third-order valence-electron chi connectivity index (χ3n) is 3.53. The molecular weight excluding hydrogens is 200 g/mol. The molecule has 80 valence electrons. The molecule has 0 aromatic rings. The molecule has 2 rings (SSSR count). The first-order valence-electron chi connectivity index (χ1n) is 4.95. The van der Waals surface area contributed by atoms with Crippen molar-refractivity contribution in [1.82, 2.24) is 0 Å². The van der Waals surface area contributed by atoms with Crippen molar-refractivity contribution in [3.8, 4) is 0 Å². The van der Waals surface area contributed by atoms with Crippen molar-refractivity contribution in [2.45, 2.75) is 42.6 Å². The minimum absolute atomic E-state index is 0.164. The first-order valence-corrected chi connectivity index (χ1v) is 6.24. The quantitative estimate of drug-likeness (QED) is 0.530. The van der Waals surface area contributed by atoms with Gasteiger partial charge in [-0.1, -0.05) is 6.92 Å². The number of ether oxygens (including phenoxy) is 2. The molecule has 0 aromatic heterocycles. The molecule has 1 unspecified atom stereocenters. The van der Waals surface area contributed by atoms with Gasteiger partial charge in [0.25, 0.3) is 0 Å². The van der Waals surface area contributed by atoms with Gasteiger partial charge in [0.15, 0.2) is 5.60 Å². The standard InChI is InChI=1S/C10H16O3S/c1-4-10(8(11)12-2)9(13-10)5-7(6-9)14-3/h7H,4-6H2,1-3H3. The third-order valence-corrected chi connectivity index (χ3v) is 4.53. The zero-order chi connectivity index (χ0) is 10.4. The third kappa shape index (κ3) is 1.07. The summed E-state index contributed by atoms with van der Waals surface area (Å²) in [5.41, 5.74) is -0.767. The lowest BCUT2D eigenvalue weighted by Gasteiger charge is -2.33. The van der Waals surface area contributed by atoms with Crippen molar-refractivity contribution in [3.05, 3.63) is 0 Å². The van der Waals surface area contributed by atoms with Gasteiger partial charge in [0.1, 0.15) is 5.60 Å². The summed E-state index contributed by atoms with van der Waals surface area (Å²) in [5, 5.41) is 0.660. The summed E-state index contributed by atoms with van der Waals surface area (Å²) in [7, 11) is 1.43. The number of hydrogen-bond acceptors (Lipinski definition) is 4. The minimum Gasteiger partial charge on any atom is -0.467 e. The topological polar surface area (TPSA) is 38.8 Å². The Morgan fingerprint density at radius 2 is 2.29 bits per heavy atom. The molecule has 1 spiro atoms. The van der Waals surface area contributed by atoms with Gasteiger partial charge in [0, 0.05) is 5.25 Å². The van der Waals surface area contributed by atoms with Crippen molar-refractivity contribution in [3.63, 3.8) is 0 Å². The molecule has 0 aromatic carbocycles. The van der Waals surface area contributed by atoms with Gasteiger partial charge in [0.05, 0.1) is 7.11 Å². The lowest BCUT2D eigenvalue weighted by molar-refractivity contribution is -0.147. The highest BCUT2D eigenvalue weighted by Crippen LogP contribution is 2.64. The second kappa shape index (κ2) is 3.14. The van der Waals surface area contributed by atoms with Crippen molar-refractivity contribution >= 4 is 17.7 Å². The number of hydrogen-bond donors (Lipinski definition) is 0. The van der Waals surface area contributed by atoms with E-state index in [1.165, 1.54) is 7.11 Å². The van der Waals surface area contributed by atoms with Crippen molar-refractivity contribution in [2.75, 3.05) is 13.4 Å². The Kier molecular flexibility index (Phi) is 2.31. The van der Waals surface area contributed by atoms with E-state index in [1.807, 2.05) is 18.7 Å². The summed E-state index contributed by atoms with van der Waals surface area (Å²) in [5.74, 6) is -0.195. The maximum absolute atomic E-state index is 11.6. The monoisotopic (exact) mass is 216 g/mol. The van der Waals surface area contributed by atoms with Gasteiger partial charge in [-0.25, -0.2) is 4.79 Å². The Hall–Kier alpha value is -0.220. The van der Waals surface area contributed by atoms with Gasteiger partial charge in [-0.2, -0.15) is 11.8 Å². The number of esters is 1. The molecule has 0 N–H and O–H groups in total. The van der Waals surface area contributed by atoms with Crippen LogP contribution in [0.1, 0.15) is 26.2 Å². The normalized spacial score (nSPS) is 44.6. The van der Waals surface area contributed by atoms with E-state index in [9.17, 15) is 4.79 Å². The van der Waals surface area contributed by atoms with E-state index >= 15 is 0 Å². The smallest absolute Gasteiger partial charge is 0.341 e. The van der Waals surface area contributed by atoms with Crippen LogP contribution in [0.25, 0.3) is 0 Å². The molecule has 2 fully saturated rings. The first-order chi connectivity index (χ1) is 6.64. The average Bonchev–Trinajstić information content (AvgIpc) is 2.84. The summed E-state index contributed by atoms with van der Waals surface area (Å²) >= 11 is 1.85. The van der Waals surface area contributed by atoms with Crippen molar-refractivity contribution in [2.24, 2.45) is 0 Å². The van der Waals surface area contributed by atoms with Crippen LogP contribution in [0.3, 0.4) is 0 Å². The Morgan fingerprint density at radius 1 is 1.64 bits per heavy atom. The predicted molar refractivity (Wildman–Crippen MR) is 55.4 cm³/mol. The number of methoxy groups -OCH3 is 1. The Bertz CT molecular complexity index is 260. The highest BCUT2D eigenvalue weighted by atomic mass is 32.2. The van der Waals surface area contributed by atoms with E-state index in [1.54, 1.807) is 0 Å². The average molecular weight is 216 g/mol. The van der Waals surface area contributed by atoms with Crippen LogP contribution >= 0.6 is 11.8 Å². The molecular formula is C10H16O3S. The summed E-state index contributed by atoms with van der Waals surface area (Å²) in [6.45, 7) is 1.98. The molecule has 1 saturated carbocycles. The second-order valence-corrected chi connectivity index (χ2v) is 5.17. The fraction of sp³-hybridized carbons (Fsp3) is 0.900. The fourth-order valence-electron chi connectivity index (χ4n) is 2.49. The molecule has 1 atom stereocenters. The molecule has 0 radical (unpaired) electrons. The highest BCUT2D eigenvalue weighted by Gasteiger charge is 2.78. The largest absolute Gasteiger partial charge is 0.467 e. The van der Waals surface area contributed by atoms with Crippen LogP contribution in [0, 0.1) is 0 Å². The van der Waals surface area contributed by atoms with Crippen molar-refractivity contribution in [1.29, 1.82) is 0 Å². The van der Waals surface area contributed by atoms with Crippen LogP contribution in [0.15, 0.2) is 0 Å². The molecule has 1 aliphatic carbocycles. The lowest BCUT2D eigenvalue weighted by atomic mass is 9.74. The SMILES string of the molecule is CCC1(C(=O)OC)OC12CC(SC)C2. The van der Waals surface area contributed by atoms with Crippen LogP contribution in [0.4, 0.5) is 0 Å². The van der Waals surface area contributed by atoms with E-state index in [4.69, 9.17) is 9.47 Å². The maximum Gasteiger partial charge on any atom is 0.341 e. The van der Waals surface area contributed by atoms with Gasteiger partial charge >= 0.3 is 5.97 Å². The van der Waals surface area contributed by atoms with Gasteiger partial charge in [-0.05, 0) is 25.5 Å². The number of carbonyl (C=O) groups is 1. The summed E-state index contributed by atoms with van der Waals surface area (Å²) in [6, 6.07) is 0. The van der Waals surface area contributed by atoms with Crippen LogP contribution in [-0.2, 0) is 14.3 Å². The van der Waals surface area contributed by atoms with E-state index in [0.717, 1.165) is 19.3 Å². The number of rotatable bonds is 3. The van der Waals surface area contributed by atoms with Crippen LogP contribution < -0.4 is 0 Å². The number of epoxide rings is 1. The summed E-state index contributed by atoms with van der Waals surface area (Å²) < 4.78 is 10.5. The molecule has 0 amide bonds. The fourth-order valence-corrected chi connectivity index (χ4v) is 3.37. The van der Waals surface area contributed by atoms with Gasteiger partial charge < -0.3 is 9.47 Å². The first kappa shape index (κ1) is 10.3. The molecule has 0 bridgehead atoms. The Morgan fingerprint density at radius 3 is 2.71 bits per heavy atom. The van der Waals surface area contributed by atoms with Crippen LogP contribution in [-0.4, -0.2) is 35.8 Å². The Balaban J connectivity index is 2.04. The molecule has 1 heterocycles. The number of carbonyl (C=O) groups excluding carboxylic acids is 1. The number of thioether (sulfide) groups is 1. The lowest BCUT2D eigenvalue weighted by Crippen LogP contribution is -2.44. The highest BCUT2D eigenvalue weighted by molar-refractivity contribution is 7.99. The second-order valence-electron chi connectivity index (χ2n) is 4.03. The van der Waals surface area contributed by atoms with E-state index < -0.39 is 5.60 Å². The van der Waals surface area contributed by atoms with E-state index in [0.29, 0.717) is 5.25 Å². The molecule has 2 aliphatic rings. The predicted octanol–water partition coefficient (Wildman–Crippen LogP) is 1.60. The van der Waals surface area contributed by atoms with Crippen molar-refractivity contribution < 1.29 is 14.3 Å². The summed E-state index contributed by atoms with van der Waals surface area (Å²) in [6.07, 6.45) is 4.82.